The van der Waals surface area contributed by atoms with Crippen LogP contribution in [0.4, 0.5) is 0 Å². The molecule has 0 radical (unpaired) electrons. The molecule has 2 saturated heterocycles. The molecule has 0 bridgehead atoms. The molecule has 5 nitrogen and oxygen atoms in total. The van der Waals surface area contributed by atoms with E-state index in [2.05, 4.69) is 16.8 Å². The van der Waals surface area contributed by atoms with E-state index < -0.39 is 0 Å². The van der Waals surface area contributed by atoms with Gasteiger partial charge in [0, 0.05) is 37.5 Å². The Morgan fingerprint density at radius 1 is 1.33 bits per heavy atom. The standard InChI is InChI=1S/C17H24N2O3S.ClH/c20-16(13-11-18-5-9-21-12-13)19-6-3-17(4-7-19)14-2-10-23-15(14)1-8-22-17;/h2,10,13,18H,1,3-9,11-12H2;1H. The van der Waals surface area contributed by atoms with Crippen LogP contribution >= 0.6 is 23.7 Å². The lowest BCUT2D eigenvalue weighted by molar-refractivity contribution is -0.145. The van der Waals surface area contributed by atoms with Crippen LogP contribution in [0.2, 0.25) is 0 Å². The van der Waals surface area contributed by atoms with Gasteiger partial charge in [-0.15, -0.1) is 23.7 Å². The van der Waals surface area contributed by atoms with E-state index in [1.807, 2.05) is 16.2 Å². The van der Waals surface area contributed by atoms with Gasteiger partial charge in [-0.2, -0.15) is 0 Å². The predicted octanol–water partition coefficient (Wildman–Crippen LogP) is 1.80. The molecule has 0 aromatic carbocycles. The Labute approximate surface area is 153 Å². The maximum atomic E-state index is 12.7. The third-order valence-corrected chi connectivity index (χ3v) is 6.29. The molecule has 24 heavy (non-hydrogen) atoms. The van der Waals surface area contributed by atoms with Crippen molar-refractivity contribution in [2.45, 2.75) is 24.9 Å². The van der Waals surface area contributed by atoms with Gasteiger partial charge in [0.1, 0.15) is 0 Å². The van der Waals surface area contributed by atoms with Crippen LogP contribution in [0.25, 0.3) is 0 Å². The number of nitrogens with zero attached hydrogens (tertiary/aromatic N) is 1. The van der Waals surface area contributed by atoms with Gasteiger partial charge in [0.15, 0.2) is 0 Å². The Kier molecular flexibility index (Phi) is 5.82. The smallest absolute Gasteiger partial charge is 0.229 e. The van der Waals surface area contributed by atoms with E-state index in [4.69, 9.17) is 9.47 Å². The molecule has 1 spiro atoms. The summed E-state index contributed by atoms with van der Waals surface area (Å²) in [5, 5.41) is 5.46. The van der Waals surface area contributed by atoms with Crippen molar-refractivity contribution in [2.75, 3.05) is 46.0 Å². The minimum atomic E-state index is -0.150. The normalized spacial score (nSPS) is 26.3. The molecule has 4 rings (SSSR count). The van der Waals surface area contributed by atoms with E-state index in [9.17, 15) is 4.79 Å². The summed E-state index contributed by atoms with van der Waals surface area (Å²) in [7, 11) is 0. The fraction of sp³-hybridized carbons (Fsp3) is 0.706. The number of carbonyl (C=O) groups excluding carboxylic acids is 1. The number of hydrogen-bond acceptors (Lipinski definition) is 5. The summed E-state index contributed by atoms with van der Waals surface area (Å²) in [6.45, 7) is 5.17. The van der Waals surface area contributed by atoms with Crippen LogP contribution in [0.5, 0.6) is 0 Å². The van der Waals surface area contributed by atoms with E-state index in [0.29, 0.717) is 13.2 Å². The van der Waals surface area contributed by atoms with Crippen molar-refractivity contribution in [1.82, 2.24) is 10.2 Å². The molecule has 4 heterocycles. The molecule has 0 aliphatic carbocycles. The van der Waals surface area contributed by atoms with Crippen LogP contribution in [-0.2, 0) is 26.3 Å². The van der Waals surface area contributed by atoms with Crippen LogP contribution in [0.1, 0.15) is 23.3 Å². The molecule has 1 aromatic heterocycles. The van der Waals surface area contributed by atoms with Gasteiger partial charge in [-0.25, -0.2) is 0 Å². The number of amides is 1. The second kappa shape index (κ2) is 7.70. The molecule has 3 aliphatic heterocycles. The van der Waals surface area contributed by atoms with Gasteiger partial charge in [-0.05, 0) is 29.9 Å². The second-order valence-electron chi connectivity index (χ2n) is 6.65. The third kappa shape index (κ3) is 3.35. The second-order valence-corrected chi connectivity index (χ2v) is 7.65. The highest BCUT2D eigenvalue weighted by Crippen LogP contribution is 2.43. The van der Waals surface area contributed by atoms with Gasteiger partial charge < -0.3 is 19.7 Å². The zero-order valence-corrected chi connectivity index (χ0v) is 15.4. The van der Waals surface area contributed by atoms with E-state index in [1.165, 1.54) is 10.4 Å². The highest BCUT2D eigenvalue weighted by molar-refractivity contribution is 7.10. The van der Waals surface area contributed by atoms with Gasteiger partial charge in [0.05, 0.1) is 31.3 Å². The molecule has 2 fully saturated rings. The van der Waals surface area contributed by atoms with Crippen LogP contribution in [0.15, 0.2) is 11.4 Å². The maximum Gasteiger partial charge on any atom is 0.229 e. The molecule has 7 heteroatoms. The Balaban J connectivity index is 0.00000169. The van der Waals surface area contributed by atoms with Crippen molar-refractivity contribution in [3.63, 3.8) is 0 Å². The third-order valence-electron chi connectivity index (χ3n) is 5.31. The summed E-state index contributed by atoms with van der Waals surface area (Å²) < 4.78 is 11.7. The molecule has 1 unspecified atom stereocenters. The molecular weight excluding hydrogens is 348 g/mol. The van der Waals surface area contributed by atoms with Crippen LogP contribution < -0.4 is 5.32 Å². The summed E-state index contributed by atoms with van der Waals surface area (Å²) in [6, 6.07) is 2.22. The van der Waals surface area contributed by atoms with Crippen molar-refractivity contribution in [1.29, 1.82) is 0 Å². The lowest BCUT2D eigenvalue weighted by Crippen LogP contribution is -2.50. The Hall–Kier alpha value is -0.660. The number of likely N-dealkylation sites (tertiary alicyclic amines) is 1. The van der Waals surface area contributed by atoms with Gasteiger partial charge in [-0.3, -0.25) is 4.79 Å². The molecule has 1 amide bonds. The monoisotopic (exact) mass is 372 g/mol. The first-order valence-corrected chi connectivity index (χ1v) is 9.44. The molecular formula is C17H25ClN2O3S. The van der Waals surface area contributed by atoms with E-state index in [1.54, 1.807) is 0 Å². The molecule has 0 saturated carbocycles. The summed E-state index contributed by atoms with van der Waals surface area (Å²) in [6.07, 6.45) is 2.84. The number of ether oxygens (including phenoxy) is 2. The number of hydrogen-bond donors (Lipinski definition) is 1. The molecule has 1 N–H and O–H groups in total. The number of thiophene rings is 1. The number of fused-ring (bicyclic) bond motifs is 2. The van der Waals surface area contributed by atoms with Crippen molar-refractivity contribution in [3.05, 3.63) is 21.9 Å². The average Bonchev–Trinajstić information content (AvgIpc) is 2.91. The number of rotatable bonds is 1. The van der Waals surface area contributed by atoms with Gasteiger partial charge >= 0.3 is 0 Å². The first kappa shape index (κ1) is 18.1. The Morgan fingerprint density at radius 2 is 2.17 bits per heavy atom. The van der Waals surface area contributed by atoms with Crippen molar-refractivity contribution in [2.24, 2.45) is 5.92 Å². The average molecular weight is 373 g/mol. The van der Waals surface area contributed by atoms with Gasteiger partial charge in [-0.1, -0.05) is 0 Å². The highest BCUT2D eigenvalue weighted by atomic mass is 35.5. The first-order valence-electron chi connectivity index (χ1n) is 8.57. The molecule has 1 aromatic rings. The van der Waals surface area contributed by atoms with Crippen LogP contribution in [0.3, 0.4) is 0 Å². The largest absolute Gasteiger partial charge is 0.379 e. The topological polar surface area (TPSA) is 50.8 Å². The zero-order chi connectivity index (χ0) is 15.7. The summed E-state index contributed by atoms with van der Waals surface area (Å²) >= 11 is 1.84. The van der Waals surface area contributed by atoms with Crippen molar-refractivity contribution < 1.29 is 14.3 Å². The summed E-state index contributed by atoms with van der Waals surface area (Å²) in [4.78, 5) is 16.2. The first-order chi connectivity index (χ1) is 11.3. The van der Waals surface area contributed by atoms with Crippen molar-refractivity contribution >= 4 is 29.7 Å². The van der Waals surface area contributed by atoms with Crippen molar-refractivity contribution in [3.8, 4) is 0 Å². The lowest BCUT2D eigenvalue weighted by Gasteiger charge is -2.44. The van der Waals surface area contributed by atoms with Gasteiger partial charge in [0.2, 0.25) is 5.91 Å². The fourth-order valence-corrected chi connectivity index (χ4v) is 4.93. The maximum absolute atomic E-state index is 12.7. The van der Waals surface area contributed by atoms with E-state index in [0.717, 1.165) is 52.0 Å². The minimum Gasteiger partial charge on any atom is -0.379 e. The summed E-state index contributed by atoms with van der Waals surface area (Å²) in [5.41, 5.74) is 1.23. The molecule has 134 valence electrons. The van der Waals surface area contributed by atoms with Crippen LogP contribution in [-0.4, -0.2) is 56.8 Å². The number of carbonyl (C=O) groups is 1. The van der Waals surface area contributed by atoms with E-state index in [-0.39, 0.29) is 29.8 Å². The zero-order valence-electron chi connectivity index (χ0n) is 13.8. The quantitative estimate of drug-likeness (QED) is 0.816. The SMILES string of the molecule is Cl.O=C(C1CNCCOC1)N1CCC2(CC1)OCCc1sccc12. The molecule has 3 aliphatic rings. The van der Waals surface area contributed by atoms with Gasteiger partial charge in [0.25, 0.3) is 0 Å². The Bertz CT molecular complexity index is 564. The lowest BCUT2D eigenvalue weighted by atomic mass is 9.82. The van der Waals surface area contributed by atoms with E-state index >= 15 is 0 Å². The minimum absolute atomic E-state index is 0. The highest BCUT2D eigenvalue weighted by Gasteiger charge is 2.42. The molecule has 1 atom stereocenters. The number of nitrogens with one attached hydrogen (secondary N) is 1. The Morgan fingerprint density at radius 3 is 3.00 bits per heavy atom. The predicted molar refractivity (Wildman–Crippen MR) is 95.9 cm³/mol. The van der Waals surface area contributed by atoms with Crippen LogP contribution in [0, 0.1) is 5.92 Å². The summed E-state index contributed by atoms with van der Waals surface area (Å²) in [5.74, 6) is 0.186. The fourth-order valence-electron chi connectivity index (χ4n) is 3.98. The number of piperidine rings is 1. The number of halogens is 1.